The highest BCUT2D eigenvalue weighted by Crippen LogP contribution is 2.22. The summed E-state index contributed by atoms with van der Waals surface area (Å²) >= 11 is 6.09. The molecule has 4 heterocycles. The number of aromatic nitrogens is 6. The fraction of sp³-hybridized carbons (Fsp3) is 0.174. The van der Waals surface area contributed by atoms with Gasteiger partial charge in [0.2, 0.25) is 0 Å². The van der Waals surface area contributed by atoms with Gasteiger partial charge in [0, 0.05) is 23.8 Å². The molecule has 5 aromatic rings. The highest BCUT2D eigenvalue weighted by Gasteiger charge is 2.11. The van der Waals surface area contributed by atoms with Gasteiger partial charge in [0.15, 0.2) is 11.3 Å². The molecule has 0 aliphatic rings. The van der Waals surface area contributed by atoms with Crippen LogP contribution in [0.3, 0.4) is 0 Å². The highest BCUT2D eigenvalue weighted by molar-refractivity contribution is 6.31. The minimum atomic E-state index is 0.527. The van der Waals surface area contributed by atoms with Crippen LogP contribution in [0.1, 0.15) is 22.4 Å². The van der Waals surface area contributed by atoms with E-state index >= 15 is 0 Å². The van der Waals surface area contributed by atoms with Gasteiger partial charge in [-0.1, -0.05) is 17.7 Å². The quantitative estimate of drug-likeness (QED) is 0.416. The zero-order valence-electron chi connectivity index (χ0n) is 17.7. The topological polar surface area (TPSA) is 107 Å². The van der Waals surface area contributed by atoms with Gasteiger partial charge in [0.25, 0.3) is 0 Å². The van der Waals surface area contributed by atoms with Crippen molar-refractivity contribution in [2.24, 2.45) is 0 Å². The molecular weight excluding hydrogens is 424 g/mol. The van der Waals surface area contributed by atoms with Crippen LogP contribution in [0.2, 0.25) is 5.02 Å². The fourth-order valence-corrected chi connectivity index (χ4v) is 4.03. The third-order valence-electron chi connectivity index (χ3n) is 5.41. The SMILES string of the molecule is Cc1cc(N)nc(C)c1CNc1ncnc2cn(Cc3ccc4ncc(Cl)cc4c3)nc12. The van der Waals surface area contributed by atoms with Crippen LogP contribution in [0.25, 0.3) is 21.9 Å². The Bertz CT molecular complexity index is 1440. The van der Waals surface area contributed by atoms with Crippen molar-refractivity contribution in [1.82, 2.24) is 29.7 Å². The van der Waals surface area contributed by atoms with Crippen LogP contribution in [-0.2, 0) is 13.1 Å². The van der Waals surface area contributed by atoms with E-state index in [-0.39, 0.29) is 0 Å². The first-order chi connectivity index (χ1) is 15.5. The number of halogens is 1. The lowest BCUT2D eigenvalue weighted by atomic mass is 10.1. The van der Waals surface area contributed by atoms with Gasteiger partial charge in [0.05, 0.1) is 23.3 Å². The molecule has 0 unspecified atom stereocenters. The van der Waals surface area contributed by atoms with Crippen molar-refractivity contribution in [2.45, 2.75) is 26.9 Å². The van der Waals surface area contributed by atoms with Gasteiger partial charge < -0.3 is 11.1 Å². The second-order valence-electron chi connectivity index (χ2n) is 7.74. The van der Waals surface area contributed by atoms with Crippen LogP contribution in [0, 0.1) is 13.8 Å². The lowest BCUT2D eigenvalue weighted by molar-refractivity contribution is 0.696. The number of pyridine rings is 2. The maximum atomic E-state index is 6.09. The number of rotatable bonds is 5. The maximum Gasteiger partial charge on any atom is 0.158 e. The summed E-state index contributed by atoms with van der Waals surface area (Å²) in [6, 6.07) is 9.89. The number of nitrogens with one attached hydrogen (secondary N) is 1. The maximum absolute atomic E-state index is 6.09. The largest absolute Gasteiger partial charge is 0.384 e. The minimum Gasteiger partial charge on any atom is -0.384 e. The third kappa shape index (κ3) is 3.92. The summed E-state index contributed by atoms with van der Waals surface area (Å²) in [5, 5.41) is 9.73. The van der Waals surface area contributed by atoms with Crippen LogP contribution in [0.4, 0.5) is 11.6 Å². The molecule has 9 heteroatoms. The summed E-state index contributed by atoms with van der Waals surface area (Å²) in [4.78, 5) is 17.5. The zero-order chi connectivity index (χ0) is 22.2. The number of nitrogens with two attached hydrogens (primary N) is 1. The third-order valence-corrected chi connectivity index (χ3v) is 5.62. The molecule has 0 amide bonds. The molecule has 0 spiro atoms. The Morgan fingerprint density at radius 1 is 1.06 bits per heavy atom. The van der Waals surface area contributed by atoms with E-state index in [1.54, 1.807) is 12.5 Å². The smallest absolute Gasteiger partial charge is 0.158 e. The van der Waals surface area contributed by atoms with Crippen LogP contribution in [0.5, 0.6) is 0 Å². The molecule has 0 bridgehead atoms. The van der Waals surface area contributed by atoms with Gasteiger partial charge in [-0.2, -0.15) is 5.10 Å². The molecule has 160 valence electrons. The van der Waals surface area contributed by atoms with Crippen LogP contribution in [-0.4, -0.2) is 29.7 Å². The first kappa shape index (κ1) is 20.1. The molecule has 1 aromatic carbocycles. The van der Waals surface area contributed by atoms with Crippen molar-refractivity contribution in [2.75, 3.05) is 11.1 Å². The second-order valence-corrected chi connectivity index (χ2v) is 8.18. The van der Waals surface area contributed by atoms with E-state index in [0.29, 0.717) is 29.7 Å². The van der Waals surface area contributed by atoms with Crippen molar-refractivity contribution in [3.05, 3.63) is 76.5 Å². The second kappa shape index (κ2) is 8.05. The van der Waals surface area contributed by atoms with Gasteiger partial charge in [-0.05, 0) is 54.8 Å². The van der Waals surface area contributed by atoms with Crippen molar-refractivity contribution < 1.29 is 0 Å². The van der Waals surface area contributed by atoms with Crippen molar-refractivity contribution >= 4 is 45.2 Å². The lowest BCUT2D eigenvalue weighted by Crippen LogP contribution is -2.08. The van der Waals surface area contributed by atoms with Crippen LogP contribution in [0.15, 0.2) is 49.1 Å². The number of hydrogen-bond acceptors (Lipinski definition) is 7. The molecule has 0 saturated carbocycles. The number of fused-ring (bicyclic) bond motifs is 2. The number of hydrogen-bond donors (Lipinski definition) is 2. The summed E-state index contributed by atoms with van der Waals surface area (Å²) in [6.45, 7) is 5.15. The van der Waals surface area contributed by atoms with E-state index in [0.717, 1.165) is 44.3 Å². The van der Waals surface area contributed by atoms with Crippen molar-refractivity contribution in [3.8, 4) is 0 Å². The Kier molecular flexibility index (Phi) is 5.07. The first-order valence-corrected chi connectivity index (χ1v) is 10.5. The van der Waals surface area contributed by atoms with Gasteiger partial charge in [-0.15, -0.1) is 0 Å². The Labute approximate surface area is 189 Å². The molecule has 3 N–H and O–H groups in total. The molecule has 0 aliphatic heterocycles. The summed E-state index contributed by atoms with van der Waals surface area (Å²) in [7, 11) is 0. The molecule has 0 aliphatic carbocycles. The van der Waals surface area contributed by atoms with Crippen LogP contribution < -0.4 is 11.1 Å². The summed E-state index contributed by atoms with van der Waals surface area (Å²) < 4.78 is 1.87. The van der Waals surface area contributed by atoms with Gasteiger partial charge in [-0.3, -0.25) is 9.67 Å². The number of nitrogen functional groups attached to an aromatic ring is 1. The van der Waals surface area contributed by atoms with E-state index in [2.05, 4.69) is 31.3 Å². The molecule has 32 heavy (non-hydrogen) atoms. The number of benzene rings is 1. The zero-order valence-corrected chi connectivity index (χ0v) is 18.4. The van der Waals surface area contributed by atoms with E-state index < -0.39 is 0 Å². The van der Waals surface area contributed by atoms with Crippen LogP contribution >= 0.6 is 11.6 Å². The molecular formula is C23H21ClN8. The monoisotopic (exact) mass is 444 g/mol. The first-order valence-electron chi connectivity index (χ1n) is 10.1. The molecule has 4 aromatic heterocycles. The predicted molar refractivity (Wildman–Crippen MR) is 127 cm³/mol. The standard InChI is InChI=1S/C23H21ClN8/c1-13-5-21(25)30-14(2)18(13)9-27-23-22-20(28-12-29-23)11-32(31-22)10-15-3-4-19-16(6-15)7-17(24)8-26-19/h3-8,11-12H,9-10H2,1-2H3,(H2,25,30)(H,27,28,29). The number of nitrogens with zero attached hydrogens (tertiary/aromatic N) is 6. The number of aryl methyl sites for hydroxylation is 2. The normalized spacial score (nSPS) is 11.3. The van der Waals surface area contributed by atoms with Crippen molar-refractivity contribution in [3.63, 3.8) is 0 Å². The Hall–Kier alpha value is -3.78. The molecule has 0 saturated heterocycles. The Balaban J connectivity index is 1.41. The summed E-state index contributed by atoms with van der Waals surface area (Å²) in [5.41, 5.74) is 12.4. The lowest BCUT2D eigenvalue weighted by Gasteiger charge is -2.11. The molecule has 0 radical (unpaired) electrons. The average molecular weight is 445 g/mol. The summed E-state index contributed by atoms with van der Waals surface area (Å²) in [5.74, 6) is 1.21. The predicted octanol–water partition coefficient (Wildman–Crippen LogP) is 4.28. The highest BCUT2D eigenvalue weighted by atomic mass is 35.5. The van der Waals surface area contributed by atoms with Gasteiger partial charge in [-0.25, -0.2) is 15.0 Å². The fourth-order valence-electron chi connectivity index (χ4n) is 3.86. The van der Waals surface area contributed by atoms with Gasteiger partial charge >= 0.3 is 0 Å². The van der Waals surface area contributed by atoms with Crippen molar-refractivity contribution in [1.29, 1.82) is 0 Å². The van der Waals surface area contributed by atoms with E-state index in [4.69, 9.17) is 22.4 Å². The molecule has 8 nitrogen and oxygen atoms in total. The molecule has 0 atom stereocenters. The average Bonchev–Trinajstić information content (AvgIpc) is 3.16. The van der Waals surface area contributed by atoms with E-state index in [1.807, 2.05) is 49.0 Å². The van der Waals surface area contributed by atoms with E-state index in [1.165, 1.54) is 0 Å². The van der Waals surface area contributed by atoms with E-state index in [9.17, 15) is 0 Å². The molecule has 0 fully saturated rings. The summed E-state index contributed by atoms with van der Waals surface area (Å²) in [6.07, 6.45) is 5.12. The Morgan fingerprint density at radius 2 is 1.94 bits per heavy atom. The van der Waals surface area contributed by atoms with Gasteiger partial charge in [0.1, 0.15) is 17.7 Å². The molecule has 5 rings (SSSR count). The minimum absolute atomic E-state index is 0.527. The Morgan fingerprint density at radius 3 is 2.78 bits per heavy atom. The number of anilines is 2.